The third-order valence-corrected chi connectivity index (χ3v) is 13.9. The fourth-order valence-corrected chi connectivity index (χ4v) is 11.6. The lowest BCUT2D eigenvalue weighted by atomic mass is 9.32. The monoisotopic (exact) mass is 639 g/mol. The van der Waals surface area contributed by atoms with Crippen molar-refractivity contribution in [3.63, 3.8) is 0 Å². The Hall–Kier alpha value is -2.61. The highest BCUT2D eigenvalue weighted by atomic mass is 16.3. The molecule has 9 atom stereocenters. The normalized spacial score (nSPS) is 39.2. The van der Waals surface area contributed by atoms with Crippen LogP contribution in [-0.4, -0.2) is 75.2 Å². The minimum atomic E-state index is -0.999. The van der Waals surface area contributed by atoms with Crippen LogP contribution in [0.4, 0.5) is 0 Å². The standard InChI is InChI=1S/C41H53NO5/c1-4-22-42(25-30(45)26-43)27-40(47)19-16-35-38(40,3)18-15-34-37(2)17-14-29(44)23-39(37)20-21-41(34,35)33(24-39)36(46)32-13-9-8-12-31(32)28-10-6-5-7-11-28/h5-13,20-21,24,29-30,34-35,43-45,47H,4,14-19,22-23,25-27H2,1-3H3/t29?,30-,34+,35+,37+,38-,39-,40+,41+/m0/s1. The number of fused-ring (bicyclic) bond motifs is 1. The largest absolute Gasteiger partial charge is 0.394 e. The zero-order valence-electron chi connectivity index (χ0n) is 28.4. The van der Waals surface area contributed by atoms with E-state index >= 15 is 4.79 Å². The fraction of sp³-hybridized carbons (Fsp3) is 0.585. The summed E-state index contributed by atoms with van der Waals surface area (Å²) >= 11 is 0. The quantitative estimate of drug-likeness (QED) is 0.183. The van der Waals surface area contributed by atoms with E-state index in [0.29, 0.717) is 31.5 Å². The molecule has 0 aromatic heterocycles. The number of hydrogen-bond donors (Lipinski definition) is 4. The number of aliphatic hydroxyl groups is 4. The molecule has 0 saturated heterocycles. The smallest absolute Gasteiger partial charge is 0.190 e. The van der Waals surface area contributed by atoms with Gasteiger partial charge in [-0.25, -0.2) is 0 Å². The molecule has 6 heteroatoms. The van der Waals surface area contributed by atoms with Crippen LogP contribution < -0.4 is 0 Å². The summed E-state index contributed by atoms with van der Waals surface area (Å²) in [6, 6.07) is 18.1. The minimum Gasteiger partial charge on any atom is -0.394 e. The number of ketones is 1. The molecule has 0 heterocycles. The van der Waals surface area contributed by atoms with E-state index in [4.69, 9.17) is 0 Å². The summed E-state index contributed by atoms with van der Waals surface area (Å²) in [7, 11) is 0. The second kappa shape index (κ2) is 11.8. The van der Waals surface area contributed by atoms with Crippen LogP contribution in [-0.2, 0) is 0 Å². The molecule has 4 N–H and O–H groups in total. The lowest BCUT2D eigenvalue weighted by Crippen LogP contribution is -2.67. The fourth-order valence-electron chi connectivity index (χ4n) is 11.6. The van der Waals surface area contributed by atoms with Gasteiger partial charge in [0.1, 0.15) is 0 Å². The van der Waals surface area contributed by atoms with Gasteiger partial charge in [0.05, 0.1) is 24.4 Å². The van der Waals surface area contributed by atoms with Gasteiger partial charge in [-0.2, -0.15) is 0 Å². The lowest BCUT2D eigenvalue weighted by molar-refractivity contribution is -0.177. The van der Waals surface area contributed by atoms with E-state index < -0.39 is 28.6 Å². The molecular weight excluding hydrogens is 586 g/mol. The number of benzene rings is 2. The number of nitrogens with zero attached hydrogens (tertiary/aromatic N) is 1. The number of carbonyl (C=O) groups excluding carboxylic acids is 1. The number of Topliss-reactive ketones (excluding diaryl/α,β-unsaturated/α-hetero) is 1. The van der Waals surface area contributed by atoms with Gasteiger partial charge < -0.3 is 20.4 Å². The number of aliphatic hydroxyl groups excluding tert-OH is 3. The van der Waals surface area contributed by atoms with Crippen LogP contribution in [0.15, 0.2) is 78.4 Å². The van der Waals surface area contributed by atoms with Crippen LogP contribution in [0.2, 0.25) is 0 Å². The first-order valence-electron chi connectivity index (χ1n) is 18.0. The molecular formula is C41H53NO5. The Morgan fingerprint density at radius 3 is 2.36 bits per heavy atom. The van der Waals surface area contributed by atoms with Crippen molar-refractivity contribution in [3.8, 4) is 11.1 Å². The first-order chi connectivity index (χ1) is 22.5. The van der Waals surface area contributed by atoms with Crippen LogP contribution in [0, 0.1) is 33.5 Å². The zero-order valence-corrected chi connectivity index (χ0v) is 28.4. The van der Waals surface area contributed by atoms with Crippen LogP contribution in [0.5, 0.6) is 0 Å². The highest BCUT2D eigenvalue weighted by Gasteiger charge is 2.74. The van der Waals surface area contributed by atoms with E-state index in [1.165, 1.54) is 0 Å². The number of hydrogen-bond acceptors (Lipinski definition) is 6. The van der Waals surface area contributed by atoms with E-state index in [1.54, 1.807) is 0 Å². The lowest BCUT2D eigenvalue weighted by Gasteiger charge is -2.71. The molecule has 8 rings (SSSR count). The van der Waals surface area contributed by atoms with Crippen molar-refractivity contribution >= 4 is 5.78 Å². The second-order valence-electron chi connectivity index (χ2n) is 16.1. The summed E-state index contributed by atoms with van der Waals surface area (Å²) in [5.74, 6) is 0.352. The van der Waals surface area contributed by atoms with Crippen molar-refractivity contribution < 1.29 is 25.2 Å². The van der Waals surface area contributed by atoms with Gasteiger partial charge in [0.15, 0.2) is 5.78 Å². The van der Waals surface area contributed by atoms with Crippen molar-refractivity contribution in [2.75, 3.05) is 26.2 Å². The predicted octanol–water partition coefficient (Wildman–Crippen LogP) is 6.19. The summed E-state index contributed by atoms with van der Waals surface area (Å²) in [5.41, 5.74) is 1.06. The average molecular weight is 640 g/mol. The molecule has 2 bridgehead atoms. The Bertz CT molecular complexity index is 1570. The topological polar surface area (TPSA) is 101 Å². The highest BCUT2D eigenvalue weighted by Crippen LogP contribution is 2.78. The van der Waals surface area contributed by atoms with Gasteiger partial charge in [0, 0.05) is 40.5 Å². The summed E-state index contributed by atoms with van der Waals surface area (Å²) < 4.78 is 0. The summed E-state index contributed by atoms with van der Waals surface area (Å²) in [5, 5.41) is 43.8. The first kappa shape index (κ1) is 32.9. The molecule has 0 radical (unpaired) electrons. The zero-order chi connectivity index (χ0) is 33.2. The van der Waals surface area contributed by atoms with Gasteiger partial charge in [-0.15, -0.1) is 0 Å². The van der Waals surface area contributed by atoms with E-state index in [0.717, 1.165) is 61.8 Å². The molecule has 3 saturated carbocycles. The number of carbonyl (C=O) groups is 1. The van der Waals surface area contributed by atoms with E-state index in [9.17, 15) is 20.4 Å². The average Bonchev–Trinajstić information content (AvgIpc) is 3.34. The van der Waals surface area contributed by atoms with Gasteiger partial charge in [0.2, 0.25) is 0 Å². The van der Waals surface area contributed by atoms with E-state index in [1.807, 2.05) is 42.5 Å². The van der Waals surface area contributed by atoms with Crippen molar-refractivity contribution in [3.05, 3.63) is 84.0 Å². The van der Waals surface area contributed by atoms with Crippen LogP contribution in [0.1, 0.15) is 82.5 Å². The Morgan fingerprint density at radius 1 is 0.936 bits per heavy atom. The van der Waals surface area contributed by atoms with Crippen molar-refractivity contribution in [2.24, 2.45) is 33.5 Å². The molecule has 1 unspecified atom stereocenters. The second-order valence-corrected chi connectivity index (χ2v) is 16.1. The Morgan fingerprint density at radius 2 is 1.62 bits per heavy atom. The van der Waals surface area contributed by atoms with Crippen molar-refractivity contribution in [1.82, 2.24) is 4.90 Å². The molecule has 2 spiro atoms. The molecule has 0 aliphatic heterocycles. The van der Waals surface area contributed by atoms with Crippen LogP contribution in [0.25, 0.3) is 11.1 Å². The van der Waals surface area contributed by atoms with Gasteiger partial charge in [-0.05, 0) is 86.3 Å². The molecule has 2 aromatic carbocycles. The molecule has 6 nitrogen and oxygen atoms in total. The van der Waals surface area contributed by atoms with Crippen molar-refractivity contribution in [1.29, 1.82) is 0 Å². The van der Waals surface area contributed by atoms with Gasteiger partial charge in [-0.1, -0.05) is 93.6 Å². The minimum absolute atomic E-state index is 0.0577. The molecule has 0 amide bonds. The Labute approximate surface area is 280 Å². The van der Waals surface area contributed by atoms with Crippen LogP contribution >= 0.6 is 0 Å². The maximum absolute atomic E-state index is 15.3. The first-order valence-corrected chi connectivity index (χ1v) is 18.0. The van der Waals surface area contributed by atoms with Crippen LogP contribution in [0.3, 0.4) is 0 Å². The molecule has 252 valence electrons. The number of allylic oxidation sites excluding steroid dienone is 4. The maximum Gasteiger partial charge on any atom is 0.190 e. The number of rotatable bonds is 10. The third-order valence-electron chi connectivity index (χ3n) is 13.9. The molecule has 3 fully saturated rings. The van der Waals surface area contributed by atoms with Gasteiger partial charge in [0.25, 0.3) is 0 Å². The van der Waals surface area contributed by atoms with E-state index in [2.05, 4.69) is 56.0 Å². The van der Waals surface area contributed by atoms with Gasteiger partial charge >= 0.3 is 0 Å². The summed E-state index contributed by atoms with van der Waals surface area (Å²) in [6.07, 6.45) is 12.2. The summed E-state index contributed by atoms with van der Waals surface area (Å²) in [4.78, 5) is 17.4. The molecule has 6 aliphatic rings. The highest BCUT2D eigenvalue weighted by molar-refractivity contribution is 6.14. The van der Waals surface area contributed by atoms with E-state index in [-0.39, 0.29) is 35.1 Å². The molecule has 2 aromatic rings. The Balaban J connectivity index is 1.36. The maximum atomic E-state index is 15.3. The molecule has 47 heavy (non-hydrogen) atoms. The third kappa shape index (κ3) is 4.73. The predicted molar refractivity (Wildman–Crippen MR) is 185 cm³/mol. The summed E-state index contributed by atoms with van der Waals surface area (Å²) in [6.45, 7) is 7.97. The SMILES string of the molecule is CCCN(C[C@H](O)CO)C[C@]1(O)CC[C@H]2[C@]34C=C[C@@]5(C=C3C(=O)c3ccccc3-c3ccccc3)CC(O)CC[C@]5(C)[C@H]4CC[C@@]21C. The van der Waals surface area contributed by atoms with Crippen molar-refractivity contribution in [2.45, 2.75) is 89.9 Å². The van der Waals surface area contributed by atoms with Gasteiger partial charge in [-0.3, -0.25) is 9.69 Å². The molecule has 6 aliphatic carbocycles. The Kier molecular flexibility index (Phi) is 8.24.